The van der Waals surface area contributed by atoms with Crippen LogP contribution >= 0.6 is 0 Å². The van der Waals surface area contributed by atoms with Crippen LogP contribution in [0, 0.1) is 0 Å². The number of hydrogen-bond donors (Lipinski definition) is 0. The molecule has 5 nitrogen and oxygen atoms in total. The van der Waals surface area contributed by atoms with Crippen LogP contribution in [0.3, 0.4) is 0 Å². The maximum absolute atomic E-state index is 7.24. The zero-order chi connectivity index (χ0) is 53.6. The molecule has 0 aliphatic carbocycles. The highest BCUT2D eigenvalue weighted by Crippen LogP contribution is 2.52. The van der Waals surface area contributed by atoms with E-state index in [2.05, 4.69) is 289 Å². The molecule has 2 aromatic heterocycles. The van der Waals surface area contributed by atoms with E-state index in [1.807, 2.05) is 6.20 Å². The molecule has 0 N–H and O–H groups in total. The lowest BCUT2D eigenvalue weighted by atomic mass is 9.74. The van der Waals surface area contributed by atoms with Gasteiger partial charge in [-0.25, -0.2) is 4.98 Å². The summed E-state index contributed by atoms with van der Waals surface area (Å²) in [5, 5.41) is 2.39. The van der Waals surface area contributed by atoms with Crippen molar-refractivity contribution in [2.75, 3.05) is 16.5 Å². The summed E-state index contributed by atoms with van der Waals surface area (Å²) in [6.07, 6.45) is 1.95. The molecule has 0 fully saturated rings. The molecule has 9 aromatic rings. The van der Waals surface area contributed by atoms with Gasteiger partial charge in [-0.1, -0.05) is 202 Å². The fraction of sp³-hybridized carbons (Fsp3) is 0.329. The number of benzene rings is 7. The van der Waals surface area contributed by atoms with E-state index in [9.17, 15) is 0 Å². The Morgan fingerprint density at radius 1 is 0.387 bits per heavy atom. The number of nitrogens with zero attached hydrogens (tertiary/aromatic N) is 4. The van der Waals surface area contributed by atoms with Crippen molar-refractivity contribution >= 4 is 44.6 Å². The number of rotatable bonds is 9. The van der Waals surface area contributed by atoms with Crippen molar-refractivity contribution in [2.45, 2.75) is 143 Å². The Balaban J connectivity index is 1.14. The van der Waals surface area contributed by atoms with E-state index in [1.54, 1.807) is 0 Å². The molecule has 1 aliphatic heterocycles. The van der Waals surface area contributed by atoms with Crippen LogP contribution in [-0.2, 0) is 32.5 Å². The van der Waals surface area contributed by atoms with E-state index in [-0.39, 0.29) is 32.5 Å². The van der Waals surface area contributed by atoms with Crippen molar-refractivity contribution in [3.05, 3.63) is 214 Å². The van der Waals surface area contributed by atoms with Gasteiger partial charge in [-0.3, -0.25) is 4.57 Å². The standard InChI is InChI=1S/C70H78N4O/c1-65(2,3)48-34-35-71-63(39-48)74-59-33-24-23-32-55(59)64-58(70(15,16)47-28-21-18-22-29-47)41-54(42-62(64)74)75-53-31-25-30-51(40-53)72-45-73(61-44-57(68(10,11)12)56(43-60(61)72)67(7,8)9)52-37-49(66(4,5)6)36-50(38-52)69(13,14)46-26-19-17-20-27-46/h17-44H,45H2,1-16H3. The molecule has 384 valence electrons. The van der Waals surface area contributed by atoms with E-state index in [0.29, 0.717) is 6.67 Å². The van der Waals surface area contributed by atoms with E-state index in [0.717, 1.165) is 34.0 Å². The van der Waals surface area contributed by atoms with Gasteiger partial charge in [-0.15, -0.1) is 0 Å². The number of aromatic nitrogens is 2. The molecule has 3 heterocycles. The predicted octanol–water partition coefficient (Wildman–Crippen LogP) is 19.1. The first kappa shape index (κ1) is 51.4. The maximum Gasteiger partial charge on any atom is 0.137 e. The predicted molar refractivity (Wildman–Crippen MR) is 319 cm³/mol. The summed E-state index contributed by atoms with van der Waals surface area (Å²) in [5.41, 5.74) is 16.3. The van der Waals surface area contributed by atoms with Gasteiger partial charge in [-0.05, 0) is 127 Å². The van der Waals surface area contributed by atoms with E-state index in [4.69, 9.17) is 9.72 Å². The van der Waals surface area contributed by atoms with Crippen LogP contribution in [0.1, 0.15) is 155 Å². The molecule has 5 heteroatoms. The molecular weight excluding hydrogens is 913 g/mol. The highest BCUT2D eigenvalue weighted by molar-refractivity contribution is 6.12. The molecule has 10 rings (SSSR count). The fourth-order valence-corrected chi connectivity index (χ4v) is 11.3. The van der Waals surface area contributed by atoms with Gasteiger partial charge in [0.15, 0.2) is 0 Å². The topological polar surface area (TPSA) is 33.5 Å². The van der Waals surface area contributed by atoms with Crippen LogP contribution < -0.4 is 14.5 Å². The van der Waals surface area contributed by atoms with Crippen molar-refractivity contribution in [3.8, 4) is 17.3 Å². The number of anilines is 4. The molecule has 0 unspecified atom stereocenters. The average molecular weight is 991 g/mol. The average Bonchev–Trinajstić information content (AvgIpc) is 3.92. The molecular formula is C70H78N4O. The molecule has 7 aromatic carbocycles. The Morgan fingerprint density at radius 2 is 0.947 bits per heavy atom. The molecule has 0 bridgehead atoms. The molecule has 0 atom stereocenters. The maximum atomic E-state index is 7.24. The number of pyridine rings is 1. The summed E-state index contributed by atoms with van der Waals surface area (Å²) in [6.45, 7) is 37.9. The van der Waals surface area contributed by atoms with Gasteiger partial charge >= 0.3 is 0 Å². The molecule has 1 aliphatic rings. The molecule has 0 saturated heterocycles. The SMILES string of the molecule is CC(C)(C)c1cc(N2CN(c3cccc(Oc4cc(C(C)(C)c5ccccc5)c5c6ccccc6n(-c6cc(C(C)(C)C)ccn6)c5c4)c3)c3cc(C(C)(C)C)c(C(C)(C)C)cc32)cc(C(C)(C)c2ccccc2)c1. The minimum Gasteiger partial charge on any atom is -0.457 e. The zero-order valence-electron chi connectivity index (χ0n) is 47.6. The van der Waals surface area contributed by atoms with Crippen LogP contribution in [0.5, 0.6) is 11.5 Å². The van der Waals surface area contributed by atoms with Crippen molar-refractivity contribution < 1.29 is 4.74 Å². The lowest BCUT2D eigenvalue weighted by Crippen LogP contribution is -2.26. The van der Waals surface area contributed by atoms with E-state index >= 15 is 0 Å². The number of ether oxygens (including phenoxy) is 1. The minimum absolute atomic E-state index is 0.0506. The van der Waals surface area contributed by atoms with Crippen molar-refractivity contribution in [1.82, 2.24) is 9.55 Å². The summed E-state index contributed by atoms with van der Waals surface area (Å²) in [4.78, 5) is 10.1. The van der Waals surface area contributed by atoms with Gasteiger partial charge in [0.2, 0.25) is 0 Å². The van der Waals surface area contributed by atoms with Crippen LogP contribution in [0.2, 0.25) is 0 Å². The Hall–Kier alpha value is -7.11. The van der Waals surface area contributed by atoms with Crippen molar-refractivity contribution in [2.24, 2.45) is 0 Å². The summed E-state index contributed by atoms with van der Waals surface area (Å²) in [6, 6.07) is 60.5. The summed E-state index contributed by atoms with van der Waals surface area (Å²) in [5.74, 6) is 2.44. The van der Waals surface area contributed by atoms with Crippen LogP contribution in [0.4, 0.5) is 22.7 Å². The molecule has 0 amide bonds. The highest BCUT2D eigenvalue weighted by atomic mass is 16.5. The normalized spacial score (nSPS) is 13.8. The third-order valence-corrected chi connectivity index (χ3v) is 16.0. The van der Waals surface area contributed by atoms with E-state index < -0.39 is 0 Å². The molecule has 0 spiro atoms. The molecule has 0 radical (unpaired) electrons. The smallest absolute Gasteiger partial charge is 0.137 e. The van der Waals surface area contributed by atoms with Gasteiger partial charge < -0.3 is 14.5 Å². The second kappa shape index (κ2) is 18.3. The first-order valence-electron chi connectivity index (χ1n) is 27.0. The third kappa shape index (κ3) is 9.53. The Bertz CT molecular complexity index is 3590. The van der Waals surface area contributed by atoms with E-state index in [1.165, 1.54) is 72.3 Å². The number of fused-ring (bicyclic) bond motifs is 4. The highest BCUT2D eigenvalue weighted by Gasteiger charge is 2.37. The second-order valence-corrected chi connectivity index (χ2v) is 26.4. The first-order chi connectivity index (χ1) is 35.2. The van der Waals surface area contributed by atoms with Gasteiger partial charge in [0.25, 0.3) is 0 Å². The largest absolute Gasteiger partial charge is 0.457 e. The van der Waals surface area contributed by atoms with Gasteiger partial charge in [-0.2, -0.15) is 0 Å². The third-order valence-electron chi connectivity index (χ3n) is 16.0. The lowest BCUT2D eigenvalue weighted by Gasteiger charge is -2.33. The van der Waals surface area contributed by atoms with Gasteiger partial charge in [0.1, 0.15) is 24.0 Å². The van der Waals surface area contributed by atoms with Crippen LogP contribution in [-0.4, -0.2) is 16.2 Å². The van der Waals surface area contributed by atoms with Crippen LogP contribution in [0.25, 0.3) is 27.6 Å². The fourth-order valence-electron chi connectivity index (χ4n) is 11.3. The van der Waals surface area contributed by atoms with Gasteiger partial charge in [0, 0.05) is 51.3 Å². The van der Waals surface area contributed by atoms with Gasteiger partial charge in [0.05, 0.1) is 22.4 Å². The zero-order valence-corrected chi connectivity index (χ0v) is 47.6. The lowest BCUT2D eigenvalue weighted by molar-refractivity contribution is 0.481. The monoisotopic (exact) mass is 991 g/mol. The minimum atomic E-state index is -0.379. The quantitative estimate of drug-likeness (QED) is 0.144. The van der Waals surface area contributed by atoms with Crippen molar-refractivity contribution in [3.63, 3.8) is 0 Å². The first-order valence-corrected chi connectivity index (χ1v) is 27.0. The second-order valence-electron chi connectivity index (χ2n) is 26.4. The molecule has 0 saturated carbocycles. The summed E-state index contributed by atoms with van der Waals surface area (Å²) in [7, 11) is 0. The number of para-hydroxylation sites is 1. The van der Waals surface area contributed by atoms with Crippen LogP contribution in [0.15, 0.2) is 170 Å². The summed E-state index contributed by atoms with van der Waals surface area (Å²) >= 11 is 0. The molecule has 75 heavy (non-hydrogen) atoms. The Kier molecular flexibility index (Phi) is 12.6. The Morgan fingerprint density at radius 3 is 1.55 bits per heavy atom. The number of hydrogen-bond acceptors (Lipinski definition) is 4. The summed E-state index contributed by atoms with van der Waals surface area (Å²) < 4.78 is 9.58. The Labute approximate surface area is 448 Å². The van der Waals surface area contributed by atoms with Crippen molar-refractivity contribution in [1.29, 1.82) is 0 Å².